The summed E-state index contributed by atoms with van der Waals surface area (Å²) in [4.78, 5) is 3.86. The van der Waals surface area contributed by atoms with E-state index in [0.717, 1.165) is 34.8 Å². The predicted octanol–water partition coefficient (Wildman–Crippen LogP) is 10.6. The van der Waals surface area contributed by atoms with Gasteiger partial charge in [-0.25, -0.2) is 8.42 Å². The molecule has 6 heteroatoms. The third-order valence-corrected chi connectivity index (χ3v) is 11.5. The van der Waals surface area contributed by atoms with Crippen molar-refractivity contribution in [1.29, 1.82) is 0 Å². The van der Waals surface area contributed by atoms with Crippen molar-refractivity contribution in [3.05, 3.63) is 22.9 Å². The largest absolute Gasteiger partial charge is 0.224 e. The molecule has 0 saturated heterocycles. The number of hydrogen-bond donors (Lipinski definition) is 0. The number of sulfone groups is 1. The van der Waals surface area contributed by atoms with Gasteiger partial charge in [-0.15, -0.1) is 34.4 Å². The fourth-order valence-electron chi connectivity index (χ4n) is 4.20. The molecule has 0 amide bonds. The molecule has 2 aromatic rings. The Kier molecular flexibility index (Phi) is 15.9. The van der Waals surface area contributed by atoms with Gasteiger partial charge in [-0.3, -0.25) is 0 Å². The van der Waals surface area contributed by atoms with Crippen LogP contribution in [0.1, 0.15) is 117 Å². The zero-order valence-corrected chi connectivity index (χ0v) is 24.8. The van der Waals surface area contributed by atoms with E-state index in [0.29, 0.717) is 4.90 Å². The van der Waals surface area contributed by atoms with E-state index in [9.17, 15) is 8.42 Å². The van der Waals surface area contributed by atoms with Gasteiger partial charge in [-0.1, -0.05) is 104 Å². The van der Waals surface area contributed by atoms with Gasteiger partial charge in [0.1, 0.15) is 0 Å². The summed E-state index contributed by atoms with van der Waals surface area (Å²) in [5, 5.41) is 4.13. The smallest absolute Gasteiger partial charge is 0.179 e. The molecule has 0 bridgehead atoms. The van der Waals surface area contributed by atoms with Crippen molar-refractivity contribution in [2.45, 2.75) is 126 Å². The molecule has 0 aliphatic carbocycles. The van der Waals surface area contributed by atoms with Gasteiger partial charge in [0.15, 0.2) is 9.84 Å². The number of hydrogen-bond acceptors (Lipinski definition) is 5. The van der Waals surface area contributed by atoms with Crippen molar-refractivity contribution < 1.29 is 8.42 Å². The Bertz CT molecular complexity index is 867. The predicted molar refractivity (Wildman–Crippen MR) is 156 cm³/mol. The lowest BCUT2D eigenvalue weighted by atomic mass is 10.1. The first kappa shape index (κ1) is 29.9. The first-order valence-electron chi connectivity index (χ1n) is 13.6. The van der Waals surface area contributed by atoms with Gasteiger partial charge >= 0.3 is 0 Å². The van der Waals surface area contributed by atoms with Crippen molar-refractivity contribution in [2.75, 3.05) is 11.5 Å². The highest BCUT2D eigenvalue weighted by Gasteiger charge is 2.21. The zero-order chi connectivity index (χ0) is 24.5. The van der Waals surface area contributed by atoms with Gasteiger partial charge in [0.25, 0.3) is 0 Å². The molecule has 0 aromatic carbocycles. The molecule has 0 fully saturated rings. The number of thiophene rings is 2. The number of rotatable bonds is 21. The van der Waals surface area contributed by atoms with Crippen molar-refractivity contribution in [1.82, 2.24) is 0 Å². The van der Waals surface area contributed by atoms with Crippen LogP contribution in [0.25, 0.3) is 9.75 Å². The summed E-state index contributed by atoms with van der Waals surface area (Å²) in [5.41, 5.74) is 0. The Hall–Kier alpha value is -0.300. The Morgan fingerprint density at radius 2 is 1.29 bits per heavy atom. The standard InChI is InChI=1S/C28H46O2S4/c1-3-5-7-9-11-13-15-17-20-31-25-23-26(33-24-25)28-27(19-21-32-28)34(29,30)22-18-16-14-12-10-8-6-4-2/h19,21,23-24H,3-18,20,22H2,1-2H3. The summed E-state index contributed by atoms with van der Waals surface area (Å²) in [7, 11) is -3.21. The first-order valence-corrected chi connectivity index (χ1v) is 18.0. The SMILES string of the molecule is CCCCCCCCCCSc1csc(-c2sccc2S(=O)(=O)CCCCCCCCCC)c1. The summed E-state index contributed by atoms with van der Waals surface area (Å²) in [5.74, 6) is 1.43. The maximum Gasteiger partial charge on any atom is 0.179 e. The second-order valence-electron chi connectivity index (χ2n) is 9.38. The van der Waals surface area contributed by atoms with Crippen LogP contribution in [-0.4, -0.2) is 19.9 Å². The molecule has 0 radical (unpaired) electrons. The molecule has 0 atom stereocenters. The van der Waals surface area contributed by atoms with Crippen LogP contribution in [0.4, 0.5) is 0 Å². The third-order valence-electron chi connectivity index (χ3n) is 6.30. The van der Waals surface area contributed by atoms with Crippen LogP contribution in [0.2, 0.25) is 0 Å². The maximum atomic E-state index is 13.0. The minimum absolute atomic E-state index is 0.275. The van der Waals surface area contributed by atoms with Crippen molar-refractivity contribution in [2.24, 2.45) is 0 Å². The van der Waals surface area contributed by atoms with Crippen molar-refractivity contribution >= 4 is 44.3 Å². The Labute approximate surface area is 222 Å². The molecule has 2 rings (SSSR count). The average Bonchev–Trinajstić information content (AvgIpc) is 3.50. The minimum atomic E-state index is -3.21. The van der Waals surface area contributed by atoms with Crippen molar-refractivity contribution in [3.8, 4) is 9.75 Å². The van der Waals surface area contributed by atoms with E-state index in [1.807, 2.05) is 23.2 Å². The number of unbranched alkanes of at least 4 members (excludes halogenated alkanes) is 14. The van der Waals surface area contributed by atoms with E-state index in [2.05, 4.69) is 25.3 Å². The zero-order valence-electron chi connectivity index (χ0n) is 21.5. The number of thioether (sulfide) groups is 1. The van der Waals surface area contributed by atoms with Crippen LogP contribution in [0.5, 0.6) is 0 Å². The molecule has 0 unspecified atom stereocenters. The topological polar surface area (TPSA) is 34.1 Å². The van der Waals surface area contributed by atoms with Crippen LogP contribution in [0, 0.1) is 0 Å². The van der Waals surface area contributed by atoms with E-state index in [-0.39, 0.29) is 5.75 Å². The molecule has 0 aliphatic heterocycles. The summed E-state index contributed by atoms with van der Waals surface area (Å²) < 4.78 is 26.1. The highest BCUT2D eigenvalue weighted by atomic mass is 32.2. The molecular formula is C28H46O2S4. The van der Waals surface area contributed by atoms with Gasteiger partial charge in [0, 0.05) is 15.2 Å². The molecule has 194 valence electrons. The van der Waals surface area contributed by atoms with Gasteiger partial charge in [-0.2, -0.15) is 0 Å². The van der Waals surface area contributed by atoms with Gasteiger partial charge in [0.2, 0.25) is 0 Å². The monoisotopic (exact) mass is 542 g/mol. The maximum absolute atomic E-state index is 13.0. The van der Waals surface area contributed by atoms with Crippen molar-refractivity contribution in [3.63, 3.8) is 0 Å². The van der Waals surface area contributed by atoms with Crippen LogP contribution < -0.4 is 0 Å². The summed E-state index contributed by atoms with van der Waals surface area (Å²) >= 11 is 5.16. The van der Waals surface area contributed by atoms with Crippen LogP contribution in [0.3, 0.4) is 0 Å². The van der Waals surface area contributed by atoms with E-state index in [1.54, 1.807) is 22.7 Å². The van der Waals surface area contributed by atoms with Crippen LogP contribution in [0.15, 0.2) is 32.7 Å². The molecule has 2 nitrogen and oxygen atoms in total. The summed E-state index contributed by atoms with van der Waals surface area (Å²) in [6.45, 7) is 4.50. The van der Waals surface area contributed by atoms with E-state index >= 15 is 0 Å². The minimum Gasteiger partial charge on any atom is -0.224 e. The van der Waals surface area contributed by atoms with Gasteiger partial charge in [-0.05, 0) is 36.1 Å². The molecule has 2 aromatic heterocycles. The molecule has 0 saturated carbocycles. The molecule has 0 spiro atoms. The van der Waals surface area contributed by atoms with E-state index in [4.69, 9.17) is 0 Å². The first-order chi connectivity index (χ1) is 16.6. The lowest BCUT2D eigenvalue weighted by Gasteiger charge is -2.05. The molecule has 0 aliphatic rings. The fraction of sp³-hybridized carbons (Fsp3) is 0.714. The van der Waals surface area contributed by atoms with Gasteiger partial charge in [0.05, 0.1) is 15.5 Å². The molecule has 0 N–H and O–H groups in total. The van der Waals surface area contributed by atoms with Crippen LogP contribution >= 0.6 is 34.4 Å². The van der Waals surface area contributed by atoms with E-state index < -0.39 is 9.84 Å². The second-order valence-corrected chi connectivity index (χ2v) is 14.5. The van der Waals surface area contributed by atoms with Crippen LogP contribution in [-0.2, 0) is 9.84 Å². The third kappa shape index (κ3) is 11.6. The van der Waals surface area contributed by atoms with Gasteiger partial charge < -0.3 is 0 Å². The second kappa shape index (κ2) is 18.0. The Morgan fingerprint density at radius 3 is 1.91 bits per heavy atom. The summed E-state index contributed by atoms with van der Waals surface area (Å²) in [6, 6.07) is 4.01. The quantitative estimate of drug-likeness (QED) is 0.116. The van der Waals surface area contributed by atoms with E-state index in [1.165, 1.54) is 88.4 Å². The lowest BCUT2D eigenvalue weighted by Crippen LogP contribution is -2.06. The molecular weight excluding hydrogens is 497 g/mol. The normalized spacial score (nSPS) is 11.9. The Balaban J connectivity index is 1.73. The molecule has 2 heterocycles. The summed E-state index contributed by atoms with van der Waals surface area (Å²) in [6.07, 6.45) is 20.2. The highest BCUT2D eigenvalue weighted by molar-refractivity contribution is 7.99. The average molecular weight is 543 g/mol. The fourth-order valence-corrected chi connectivity index (χ4v) is 9.33. The molecule has 34 heavy (non-hydrogen) atoms. The highest BCUT2D eigenvalue weighted by Crippen LogP contribution is 2.39. The Morgan fingerprint density at radius 1 is 0.735 bits per heavy atom. The lowest BCUT2D eigenvalue weighted by molar-refractivity contribution is 0.573.